The first kappa shape index (κ1) is 13.9. The number of carboxylic acids is 1. The fourth-order valence-corrected chi connectivity index (χ4v) is 1.95. The smallest absolute Gasteiger partial charge is 0.337 e. The average Bonchev–Trinajstić information content (AvgIpc) is 2.47. The number of ether oxygens (including phenoxy) is 1. The molecule has 0 bridgehead atoms. The predicted octanol–water partition coefficient (Wildman–Crippen LogP) is 2.42. The quantitative estimate of drug-likeness (QED) is 0.905. The molecule has 1 heterocycles. The minimum Gasteiger partial charge on any atom is -0.497 e. The number of hydrogen-bond donors (Lipinski definition) is 1. The molecule has 2 aromatic rings. The molecule has 0 amide bonds. The van der Waals surface area contributed by atoms with Crippen molar-refractivity contribution >= 4 is 11.7 Å². The van der Waals surface area contributed by atoms with Crippen LogP contribution in [0.15, 0.2) is 42.6 Å². The summed E-state index contributed by atoms with van der Waals surface area (Å²) in [6.45, 7) is 0.522. The second-order valence-electron chi connectivity index (χ2n) is 4.37. The third kappa shape index (κ3) is 3.06. The van der Waals surface area contributed by atoms with Gasteiger partial charge in [0.15, 0.2) is 0 Å². The minimum absolute atomic E-state index is 0.240. The highest BCUT2D eigenvalue weighted by Crippen LogP contribution is 2.26. The van der Waals surface area contributed by atoms with Gasteiger partial charge in [0.1, 0.15) is 5.75 Å². The molecular formula is C15H16N2O3. The standard InChI is InChI=1S/C15H16N2O3/c1-17(10-11-5-3-4-8-16-11)14-9-12(20-2)6-7-13(14)15(18)19/h3-9H,10H2,1-2H3,(H,18,19). The lowest BCUT2D eigenvalue weighted by molar-refractivity contribution is 0.0697. The van der Waals surface area contributed by atoms with Gasteiger partial charge < -0.3 is 14.7 Å². The van der Waals surface area contributed by atoms with Crippen LogP contribution in [0.1, 0.15) is 16.1 Å². The fraction of sp³-hybridized carbons (Fsp3) is 0.200. The molecule has 5 heteroatoms. The second kappa shape index (κ2) is 6.06. The van der Waals surface area contributed by atoms with Crippen LogP contribution < -0.4 is 9.64 Å². The van der Waals surface area contributed by atoms with Crippen molar-refractivity contribution in [1.29, 1.82) is 0 Å². The highest BCUT2D eigenvalue weighted by molar-refractivity contribution is 5.94. The van der Waals surface area contributed by atoms with Gasteiger partial charge in [0.2, 0.25) is 0 Å². The Morgan fingerprint density at radius 3 is 2.75 bits per heavy atom. The molecule has 0 spiro atoms. The Morgan fingerprint density at radius 2 is 2.15 bits per heavy atom. The highest BCUT2D eigenvalue weighted by Gasteiger charge is 2.15. The van der Waals surface area contributed by atoms with Gasteiger partial charge in [-0.15, -0.1) is 0 Å². The topological polar surface area (TPSA) is 62.7 Å². The molecule has 0 fully saturated rings. The molecule has 0 aliphatic rings. The molecule has 0 radical (unpaired) electrons. The molecule has 1 aromatic carbocycles. The van der Waals surface area contributed by atoms with E-state index in [1.54, 1.807) is 31.5 Å². The summed E-state index contributed by atoms with van der Waals surface area (Å²) in [6, 6.07) is 10.5. The van der Waals surface area contributed by atoms with Crippen molar-refractivity contribution in [3.63, 3.8) is 0 Å². The van der Waals surface area contributed by atoms with E-state index in [1.807, 2.05) is 30.1 Å². The van der Waals surface area contributed by atoms with Crippen LogP contribution >= 0.6 is 0 Å². The molecule has 104 valence electrons. The van der Waals surface area contributed by atoms with Crippen molar-refractivity contribution in [3.05, 3.63) is 53.9 Å². The number of nitrogens with zero attached hydrogens (tertiary/aromatic N) is 2. The summed E-state index contributed by atoms with van der Waals surface area (Å²) in [6.07, 6.45) is 1.72. The Labute approximate surface area is 117 Å². The molecule has 1 N–H and O–H groups in total. The van der Waals surface area contributed by atoms with Gasteiger partial charge in [0.05, 0.1) is 30.6 Å². The summed E-state index contributed by atoms with van der Waals surface area (Å²) in [5.74, 6) is -0.339. The Kier molecular flexibility index (Phi) is 4.20. The fourth-order valence-electron chi connectivity index (χ4n) is 1.95. The van der Waals surface area contributed by atoms with Crippen LogP contribution in [0.3, 0.4) is 0 Å². The van der Waals surface area contributed by atoms with Crippen molar-refractivity contribution in [3.8, 4) is 5.75 Å². The highest BCUT2D eigenvalue weighted by atomic mass is 16.5. The summed E-state index contributed by atoms with van der Waals surface area (Å²) in [5, 5.41) is 9.26. The molecule has 0 saturated heterocycles. The Bertz CT molecular complexity index is 599. The number of hydrogen-bond acceptors (Lipinski definition) is 4. The number of aromatic carboxylic acids is 1. The zero-order chi connectivity index (χ0) is 14.5. The maximum atomic E-state index is 11.3. The SMILES string of the molecule is COc1ccc(C(=O)O)c(N(C)Cc2ccccn2)c1. The Morgan fingerprint density at radius 1 is 1.35 bits per heavy atom. The summed E-state index contributed by atoms with van der Waals surface area (Å²) >= 11 is 0. The van der Waals surface area contributed by atoms with Crippen molar-refractivity contribution in [2.75, 3.05) is 19.1 Å². The van der Waals surface area contributed by atoms with E-state index in [0.717, 1.165) is 5.69 Å². The molecule has 0 atom stereocenters. The number of pyridine rings is 1. The third-order valence-electron chi connectivity index (χ3n) is 2.97. The van der Waals surface area contributed by atoms with Gasteiger partial charge in [-0.2, -0.15) is 0 Å². The maximum Gasteiger partial charge on any atom is 0.337 e. The predicted molar refractivity (Wildman–Crippen MR) is 76.3 cm³/mol. The number of carboxylic acid groups (broad SMARTS) is 1. The molecule has 0 aliphatic carbocycles. The van der Waals surface area contributed by atoms with Gasteiger partial charge in [0.25, 0.3) is 0 Å². The van der Waals surface area contributed by atoms with E-state index < -0.39 is 5.97 Å². The summed E-state index contributed by atoms with van der Waals surface area (Å²) in [5.41, 5.74) is 1.71. The van der Waals surface area contributed by atoms with Gasteiger partial charge in [-0.25, -0.2) is 4.79 Å². The van der Waals surface area contributed by atoms with E-state index in [2.05, 4.69) is 4.98 Å². The van der Waals surface area contributed by atoms with Crippen molar-refractivity contribution < 1.29 is 14.6 Å². The van der Waals surface area contributed by atoms with Crippen molar-refractivity contribution in [2.24, 2.45) is 0 Å². The molecule has 0 unspecified atom stereocenters. The van der Waals surface area contributed by atoms with Crippen molar-refractivity contribution in [1.82, 2.24) is 4.98 Å². The van der Waals surface area contributed by atoms with Gasteiger partial charge in [-0.3, -0.25) is 4.98 Å². The number of rotatable bonds is 5. The van der Waals surface area contributed by atoms with Gasteiger partial charge in [-0.1, -0.05) is 6.07 Å². The monoisotopic (exact) mass is 272 g/mol. The number of methoxy groups -OCH3 is 1. The van der Waals surface area contributed by atoms with Crippen molar-refractivity contribution in [2.45, 2.75) is 6.54 Å². The lowest BCUT2D eigenvalue weighted by Gasteiger charge is -2.21. The van der Waals surface area contributed by atoms with Crippen LogP contribution in [0.25, 0.3) is 0 Å². The molecular weight excluding hydrogens is 256 g/mol. The third-order valence-corrected chi connectivity index (χ3v) is 2.97. The normalized spacial score (nSPS) is 10.1. The average molecular weight is 272 g/mol. The Balaban J connectivity index is 2.32. The number of anilines is 1. The van der Waals surface area contributed by atoms with E-state index in [-0.39, 0.29) is 5.56 Å². The molecule has 0 aliphatic heterocycles. The minimum atomic E-state index is -0.962. The molecule has 2 rings (SSSR count). The first-order valence-electron chi connectivity index (χ1n) is 6.14. The number of carbonyl (C=O) groups is 1. The maximum absolute atomic E-state index is 11.3. The lowest BCUT2D eigenvalue weighted by Crippen LogP contribution is -2.20. The van der Waals surface area contributed by atoms with Crippen LogP contribution in [0.4, 0.5) is 5.69 Å². The Hall–Kier alpha value is -2.56. The summed E-state index contributed by atoms with van der Waals surface area (Å²) in [7, 11) is 3.38. The van der Waals surface area contributed by atoms with Crippen LogP contribution in [0.2, 0.25) is 0 Å². The van der Waals surface area contributed by atoms with E-state index >= 15 is 0 Å². The zero-order valence-corrected chi connectivity index (χ0v) is 11.4. The van der Waals surface area contributed by atoms with Crippen LogP contribution in [0, 0.1) is 0 Å². The van der Waals surface area contributed by atoms with Crippen LogP contribution in [0.5, 0.6) is 5.75 Å². The molecule has 20 heavy (non-hydrogen) atoms. The van der Waals surface area contributed by atoms with Gasteiger partial charge in [0, 0.05) is 19.3 Å². The summed E-state index contributed by atoms with van der Waals surface area (Å²) in [4.78, 5) is 17.4. The van der Waals surface area contributed by atoms with E-state index in [1.165, 1.54) is 0 Å². The van der Waals surface area contributed by atoms with Crippen LogP contribution in [-0.2, 0) is 6.54 Å². The molecule has 5 nitrogen and oxygen atoms in total. The molecule has 0 saturated carbocycles. The van der Waals surface area contributed by atoms with Crippen LogP contribution in [-0.4, -0.2) is 30.2 Å². The van der Waals surface area contributed by atoms with E-state index in [9.17, 15) is 9.90 Å². The van der Waals surface area contributed by atoms with E-state index in [0.29, 0.717) is 18.0 Å². The first-order chi connectivity index (χ1) is 9.61. The van der Waals surface area contributed by atoms with E-state index in [4.69, 9.17) is 4.74 Å². The number of benzene rings is 1. The first-order valence-corrected chi connectivity index (χ1v) is 6.14. The summed E-state index contributed by atoms with van der Waals surface area (Å²) < 4.78 is 5.15. The largest absolute Gasteiger partial charge is 0.497 e. The zero-order valence-electron chi connectivity index (χ0n) is 11.4. The second-order valence-corrected chi connectivity index (χ2v) is 4.37. The van der Waals surface area contributed by atoms with Gasteiger partial charge in [-0.05, 0) is 24.3 Å². The number of aromatic nitrogens is 1. The van der Waals surface area contributed by atoms with Gasteiger partial charge >= 0.3 is 5.97 Å². The molecule has 1 aromatic heterocycles. The lowest BCUT2D eigenvalue weighted by atomic mass is 10.1.